The minimum atomic E-state index is -0.0993. The fourth-order valence-corrected chi connectivity index (χ4v) is 2.43. The van der Waals surface area contributed by atoms with E-state index < -0.39 is 0 Å². The predicted molar refractivity (Wildman–Crippen MR) is 74.1 cm³/mol. The molecule has 1 saturated heterocycles. The first-order valence-corrected chi connectivity index (χ1v) is 6.83. The van der Waals surface area contributed by atoms with Crippen LogP contribution >= 0.6 is 15.9 Å². The maximum atomic E-state index is 6.08. The van der Waals surface area contributed by atoms with E-state index in [2.05, 4.69) is 54.0 Å². The van der Waals surface area contributed by atoms with Crippen molar-refractivity contribution in [1.82, 2.24) is 0 Å². The van der Waals surface area contributed by atoms with E-state index in [1.165, 1.54) is 5.56 Å². The molecule has 1 aliphatic heterocycles. The summed E-state index contributed by atoms with van der Waals surface area (Å²) in [4.78, 5) is 0. The van der Waals surface area contributed by atoms with Crippen LogP contribution in [-0.2, 0) is 10.2 Å². The fourth-order valence-electron chi connectivity index (χ4n) is 2.17. The van der Waals surface area contributed by atoms with E-state index in [1.54, 1.807) is 0 Å². The molecule has 0 aliphatic carbocycles. The molecule has 2 N–H and O–H groups in total. The lowest BCUT2D eigenvalue weighted by Gasteiger charge is -2.43. The molecule has 2 nitrogen and oxygen atoms in total. The average molecular weight is 298 g/mol. The first-order valence-electron chi connectivity index (χ1n) is 6.04. The Labute approximate surface area is 112 Å². The lowest BCUT2D eigenvalue weighted by atomic mass is 9.73. The summed E-state index contributed by atoms with van der Waals surface area (Å²) in [6, 6.07) is 8.58. The van der Waals surface area contributed by atoms with Crippen LogP contribution in [0.2, 0.25) is 0 Å². The van der Waals surface area contributed by atoms with Crippen molar-refractivity contribution in [2.24, 2.45) is 5.73 Å². The highest BCUT2D eigenvalue weighted by molar-refractivity contribution is 9.10. The van der Waals surface area contributed by atoms with Crippen LogP contribution in [0, 0.1) is 0 Å². The van der Waals surface area contributed by atoms with Gasteiger partial charge in [-0.25, -0.2) is 0 Å². The van der Waals surface area contributed by atoms with Crippen LogP contribution in [0.15, 0.2) is 28.7 Å². The highest BCUT2D eigenvalue weighted by Crippen LogP contribution is 2.38. The monoisotopic (exact) mass is 297 g/mol. The van der Waals surface area contributed by atoms with E-state index in [9.17, 15) is 0 Å². The van der Waals surface area contributed by atoms with Gasteiger partial charge >= 0.3 is 0 Å². The zero-order valence-electron chi connectivity index (χ0n) is 10.5. The number of ether oxygens (including phenoxy) is 1. The number of hydrogen-bond donors (Lipinski definition) is 1. The third kappa shape index (κ3) is 3.09. The average Bonchev–Trinajstić information content (AvgIpc) is 2.17. The summed E-state index contributed by atoms with van der Waals surface area (Å²) in [5.74, 6) is 0. The second-order valence-electron chi connectivity index (χ2n) is 5.77. The molecule has 2 rings (SSSR count). The Kier molecular flexibility index (Phi) is 3.62. The van der Waals surface area contributed by atoms with E-state index in [0.717, 1.165) is 30.5 Å². The van der Waals surface area contributed by atoms with Gasteiger partial charge in [0.25, 0.3) is 0 Å². The van der Waals surface area contributed by atoms with E-state index in [-0.39, 0.29) is 11.0 Å². The van der Waals surface area contributed by atoms with Crippen molar-refractivity contribution in [1.29, 1.82) is 0 Å². The van der Waals surface area contributed by atoms with Gasteiger partial charge in [-0.15, -0.1) is 0 Å². The molecule has 1 fully saturated rings. The third-order valence-electron chi connectivity index (χ3n) is 3.46. The molecule has 0 bridgehead atoms. The molecule has 1 aliphatic rings. The Bertz CT molecular complexity index is 376. The Morgan fingerprint density at radius 3 is 2.29 bits per heavy atom. The molecular weight excluding hydrogens is 278 g/mol. The summed E-state index contributed by atoms with van der Waals surface area (Å²) < 4.78 is 6.56. The normalized spacial score (nSPS) is 18.8. The van der Waals surface area contributed by atoms with Gasteiger partial charge in [0.05, 0.1) is 13.2 Å². The van der Waals surface area contributed by atoms with Crippen LogP contribution in [0.4, 0.5) is 0 Å². The second-order valence-corrected chi connectivity index (χ2v) is 6.68. The lowest BCUT2D eigenvalue weighted by Crippen LogP contribution is -2.48. The van der Waals surface area contributed by atoms with Gasteiger partial charge in [-0.1, -0.05) is 28.1 Å². The molecule has 0 atom stereocenters. The topological polar surface area (TPSA) is 35.2 Å². The SMILES string of the molecule is CC(C)(N)CCC1(c2ccc(Br)cc2)COC1. The standard InChI is InChI=1S/C14H20BrNO/c1-13(2,16)7-8-14(9-17-10-14)11-3-5-12(15)6-4-11/h3-6H,7-10,16H2,1-2H3. The Hall–Kier alpha value is -0.380. The number of halogens is 1. The van der Waals surface area contributed by atoms with Crippen molar-refractivity contribution in [3.8, 4) is 0 Å². The zero-order valence-corrected chi connectivity index (χ0v) is 12.1. The lowest BCUT2D eigenvalue weighted by molar-refractivity contribution is -0.0669. The van der Waals surface area contributed by atoms with Crippen molar-refractivity contribution < 1.29 is 4.74 Å². The third-order valence-corrected chi connectivity index (χ3v) is 3.99. The van der Waals surface area contributed by atoms with Crippen molar-refractivity contribution in [2.75, 3.05) is 13.2 Å². The fraction of sp³-hybridized carbons (Fsp3) is 0.571. The Morgan fingerprint density at radius 1 is 1.29 bits per heavy atom. The van der Waals surface area contributed by atoms with Crippen molar-refractivity contribution in [3.63, 3.8) is 0 Å². The summed E-state index contributed by atoms with van der Waals surface area (Å²) >= 11 is 3.47. The van der Waals surface area contributed by atoms with Gasteiger partial charge in [-0.3, -0.25) is 0 Å². The summed E-state index contributed by atoms with van der Waals surface area (Å²) in [6.07, 6.45) is 2.12. The van der Waals surface area contributed by atoms with Gasteiger partial charge < -0.3 is 10.5 Å². The van der Waals surface area contributed by atoms with Gasteiger partial charge in [0.2, 0.25) is 0 Å². The predicted octanol–water partition coefficient (Wildman–Crippen LogP) is 3.23. The van der Waals surface area contributed by atoms with Crippen LogP contribution < -0.4 is 5.73 Å². The minimum absolute atomic E-state index is 0.0993. The van der Waals surface area contributed by atoms with Crippen LogP contribution in [0.1, 0.15) is 32.3 Å². The minimum Gasteiger partial charge on any atom is -0.379 e. The van der Waals surface area contributed by atoms with E-state index in [0.29, 0.717) is 0 Å². The van der Waals surface area contributed by atoms with Crippen LogP contribution in [-0.4, -0.2) is 18.8 Å². The van der Waals surface area contributed by atoms with Gasteiger partial charge in [-0.2, -0.15) is 0 Å². The van der Waals surface area contributed by atoms with Crippen LogP contribution in [0.25, 0.3) is 0 Å². The Morgan fingerprint density at radius 2 is 1.88 bits per heavy atom. The molecule has 0 unspecified atom stereocenters. The number of benzene rings is 1. The van der Waals surface area contributed by atoms with Gasteiger partial charge in [0.1, 0.15) is 0 Å². The second kappa shape index (κ2) is 4.71. The Balaban J connectivity index is 2.11. The number of hydrogen-bond acceptors (Lipinski definition) is 2. The molecule has 3 heteroatoms. The first kappa shape index (κ1) is 13.1. The highest BCUT2D eigenvalue weighted by Gasteiger charge is 2.40. The molecule has 1 aromatic carbocycles. The van der Waals surface area contributed by atoms with Gasteiger partial charge in [-0.05, 0) is 44.4 Å². The van der Waals surface area contributed by atoms with E-state index in [1.807, 2.05) is 0 Å². The number of nitrogens with two attached hydrogens (primary N) is 1. The molecule has 17 heavy (non-hydrogen) atoms. The largest absolute Gasteiger partial charge is 0.379 e. The van der Waals surface area contributed by atoms with Crippen molar-refractivity contribution in [3.05, 3.63) is 34.3 Å². The van der Waals surface area contributed by atoms with Gasteiger partial charge in [0, 0.05) is 15.4 Å². The molecule has 1 aromatic rings. The molecule has 1 heterocycles. The highest BCUT2D eigenvalue weighted by atomic mass is 79.9. The van der Waals surface area contributed by atoms with E-state index >= 15 is 0 Å². The smallest absolute Gasteiger partial charge is 0.0585 e. The van der Waals surface area contributed by atoms with Crippen molar-refractivity contribution >= 4 is 15.9 Å². The summed E-state index contributed by atoms with van der Waals surface area (Å²) in [5.41, 5.74) is 7.54. The van der Waals surface area contributed by atoms with E-state index in [4.69, 9.17) is 10.5 Å². The maximum Gasteiger partial charge on any atom is 0.0585 e. The number of rotatable bonds is 4. The van der Waals surface area contributed by atoms with Crippen molar-refractivity contribution in [2.45, 2.75) is 37.6 Å². The molecule has 0 spiro atoms. The quantitative estimate of drug-likeness (QED) is 0.926. The molecule has 0 radical (unpaired) electrons. The summed E-state index contributed by atoms with van der Waals surface area (Å²) in [5, 5.41) is 0. The molecular formula is C14H20BrNO. The molecule has 0 aromatic heterocycles. The maximum absolute atomic E-state index is 6.08. The van der Waals surface area contributed by atoms with Gasteiger partial charge in [0.15, 0.2) is 0 Å². The summed E-state index contributed by atoms with van der Waals surface area (Å²) in [6.45, 7) is 5.82. The first-order chi connectivity index (χ1) is 7.91. The molecule has 0 saturated carbocycles. The van der Waals surface area contributed by atoms with Crippen LogP contribution in [0.5, 0.6) is 0 Å². The molecule has 94 valence electrons. The molecule has 0 amide bonds. The zero-order chi connectivity index (χ0) is 12.5. The van der Waals surface area contributed by atoms with Crippen LogP contribution in [0.3, 0.4) is 0 Å². The summed E-state index contributed by atoms with van der Waals surface area (Å²) in [7, 11) is 0.